The van der Waals surface area contributed by atoms with Gasteiger partial charge in [-0.05, 0) is 38.0 Å². The molecule has 1 aromatic carbocycles. The third-order valence-corrected chi connectivity index (χ3v) is 4.94. The van der Waals surface area contributed by atoms with Gasteiger partial charge in [0.25, 0.3) is 0 Å². The number of aromatic nitrogens is 5. The third-order valence-electron chi connectivity index (χ3n) is 4.94. The molecule has 2 aromatic heterocycles. The van der Waals surface area contributed by atoms with Crippen molar-refractivity contribution in [2.75, 3.05) is 12.3 Å². The Morgan fingerprint density at radius 2 is 2.04 bits per heavy atom. The molecule has 3 aromatic rings. The molecular formula is C19H20N6O. The van der Waals surface area contributed by atoms with E-state index in [0.717, 1.165) is 48.1 Å². The van der Waals surface area contributed by atoms with Crippen LogP contribution in [0.4, 0.5) is 5.95 Å². The largest absolute Gasteiger partial charge is 0.395 e. The van der Waals surface area contributed by atoms with Crippen molar-refractivity contribution < 1.29 is 5.11 Å². The summed E-state index contributed by atoms with van der Waals surface area (Å²) in [4.78, 5) is 16.8. The highest BCUT2D eigenvalue weighted by atomic mass is 16.3. The SMILES string of the molecule is Cc1nc2ccc(C#CC3(CO)CCCC3)cc2n1-c1ncnc(N)n1. The highest BCUT2D eigenvalue weighted by molar-refractivity contribution is 5.79. The van der Waals surface area contributed by atoms with Gasteiger partial charge in [0.2, 0.25) is 11.9 Å². The van der Waals surface area contributed by atoms with E-state index in [-0.39, 0.29) is 18.0 Å². The molecule has 0 spiro atoms. The van der Waals surface area contributed by atoms with Crippen molar-refractivity contribution in [3.05, 3.63) is 35.9 Å². The van der Waals surface area contributed by atoms with Crippen LogP contribution in [0, 0.1) is 24.2 Å². The lowest BCUT2D eigenvalue weighted by Gasteiger charge is -2.18. The average Bonchev–Trinajstić information content (AvgIpc) is 3.24. The van der Waals surface area contributed by atoms with Gasteiger partial charge in [-0.15, -0.1) is 0 Å². The Morgan fingerprint density at radius 1 is 1.23 bits per heavy atom. The molecule has 26 heavy (non-hydrogen) atoms. The summed E-state index contributed by atoms with van der Waals surface area (Å²) in [5.41, 5.74) is 8.02. The van der Waals surface area contributed by atoms with Crippen LogP contribution in [0.2, 0.25) is 0 Å². The Labute approximate surface area is 151 Å². The minimum atomic E-state index is -0.256. The number of fused-ring (bicyclic) bond motifs is 1. The van der Waals surface area contributed by atoms with Gasteiger partial charge in [-0.25, -0.2) is 15.0 Å². The third kappa shape index (κ3) is 2.89. The number of nitrogens with zero attached hydrogens (tertiary/aromatic N) is 5. The van der Waals surface area contributed by atoms with Crippen LogP contribution in [0.5, 0.6) is 0 Å². The van der Waals surface area contributed by atoms with Crippen LogP contribution in [0.25, 0.3) is 17.0 Å². The van der Waals surface area contributed by atoms with Gasteiger partial charge >= 0.3 is 0 Å². The van der Waals surface area contributed by atoms with E-state index >= 15 is 0 Å². The van der Waals surface area contributed by atoms with Crippen LogP contribution in [0.15, 0.2) is 24.5 Å². The number of aliphatic hydroxyl groups is 1. The lowest BCUT2D eigenvalue weighted by molar-refractivity contribution is 0.182. The predicted molar refractivity (Wildman–Crippen MR) is 98.5 cm³/mol. The van der Waals surface area contributed by atoms with E-state index in [2.05, 4.69) is 31.8 Å². The van der Waals surface area contributed by atoms with Gasteiger partial charge in [0.15, 0.2) is 0 Å². The van der Waals surface area contributed by atoms with Crippen molar-refractivity contribution in [3.63, 3.8) is 0 Å². The van der Waals surface area contributed by atoms with Crippen molar-refractivity contribution in [2.24, 2.45) is 5.41 Å². The Kier molecular flexibility index (Phi) is 4.05. The number of rotatable bonds is 2. The van der Waals surface area contributed by atoms with E-state index in [1.807, 2.05) is 29.7 Å². The molecule has 132 valence electrons. The van der Waals surface area contributed by atoms with E-state index in [9.17, 15) is 5.11 Å². The number of hydrogen-bond acceptors (Lipinski definition) is 6. The van der Waals surface area contributed by atoms with Gasteiger partial charge in [-0.3, -0.25) is 4.57 Å². The summed E-state index contributed by atoms with van der Waals surface area (Å²) in [5, 5.41) is 9.74. The van der Waals surface area contributed by atoms with Crippen molar-refractivity contribution in [2.45, 2.75) is 32.6 Å². The molecule has 0 unspecified atom stereocenters. The lowest BCUT2D eigenvalue weighted by atomic mass is 9.88. The maximum atomic E-state index is 9.74. The van der Waals surface area contributed by atoms with E-state index < -0.39 is 0 Å². The molecule has 1 aliphatic carbocycles. The van der Waals surface area contributed by atoms with Gasteiger partial charge in [0, 0.05) is 5.56 Å². The fourth-order valence-corrected chi connectivity index (χ4v) is 3.51. The van der Waals surface area contributed by atoms with Gasteiger partial charge in [-0.2, -0.15) is 4.98 Å². The lowest BCUT2D eigenvalue weighted by Crippen LogP contribution is -2.18. The maximum absolute atomic E-state index is 9.74. The number of aliphatic hydroxyl groups excluding tert-OH is 1. The van der Waals surface area contributed by atoms with Crippen molar-refractivity contribution >= 4 is 17.0 Å². The molecular weight excluding hydrogens is 328 g/mol. The molecule has 1 saturated carbocycles. The van der Waals surface area contributed by atoms with E-state index in [4.69, 9.17) is 5.73 Å². The van der Waals surface area contributed by atoms with E-state index in [1.54, 1.807) is 0 Å². The van der Waals surface area contributed by atoms with Crippen LogP contribution >= 0.6 is 0 Å². The second-order valence-electron chi connectivity index (χ2n) is 6.74. The van der Waals surface area contributed by atoms with Crippen LogP contribution in [0.3, 0.4) is 0 Å². The first-order valence-electron chi connectivity index (χ1n) is 8.68. The van der Waals surface area contributed by atoms with Gasteiger partial charge in [0.05, 0.1) is 23.1 Å². The van der Waals surface area contributed by atoms with Crippen LogP contribution in [-0.4, -0.2) is 36.2 Å². The summed E-state index contributed by atoms with van der Waals surface area (Å²) in [6, 6.07) is 5.86. The fourth-order valence-electron chi connectivity index (χ4n) is 3.51. The highest BCUT2D eigenvalue weighted by Gasteiger charge is 2.31. The number of nitrogen functional groups attached to an aromatic ring is 1. The fraction of sp³-hybridized carbons (Fsp3) is 0.368. The molecule has 7 heteroatoms. The summed E-state index contributed by atoms with van der Waals surface area (Å²) in [6.07, 6.45) is 5.56. The topological polar surface area (TPSA) is 103 Å². The van der Waals surface area contributed by atoms with Crippen LogP contribution in [0.1, 0.15) is 37.1 Å². The second kappa shape index (κ2) is 6.39. The maximum Gasteiger partial charge on any atom is 0.240 e. The van der Waals surface area contributed by atoms with Crippen molar-refractivity contribution in [1.82, 2.24) is 24.5 Å². The minimum absolute atomic E-state index is 0.115. The first-order chi connectivity index (χ1) is 12.6. The Balaban J connectivity index is 1.79. The zero-order valence-electron chi connectivity index (χ0n) is 14.6. The number of hydrogen-bond donors (Lipinski definition) is 2. The molecule has 0 radical (unpaired) electrons. The summed E-state index contributed by atoms with van der Waals surface area (Å²) >= 11 is 0. The normalized spacial score (nSPS) is 15.8. The Morgan fingerprint density at radius 3 is 2.77 bits per heavy atom. The van der Waals surface area contributed by atoms with Crippen molar-refractivity contribution in [1.29, 1.82) is 0 Å². The smallest absolute Gasteiger partial charge is 0.240 e. The van der Waals surface area contributed by atoms with E-state index in [0.29, 0.717) is 5.95 Å². The Hall–Kier alpha value is -2.98. The molecule has 3 N–H and O–H groups in total. The number of benzene rings is 1. The zero-order valence-corrected chi connectivity index (χ0v) is 14.6. The summed E-state index contributed by atoms with van der Waals surface area (Å²) in [5.74, 6) is 7.91. The number of anilines is 1. The van der Waals surface area contributed by atoms with Crippen molar-refractivity contribution in [3.8, 4) is 17.8 Å². The Bertz CT molecular complexity index is 1020. The standard InChI is InChI=1S/C19H20N6O/c1-13-23-15-5-4-14(6-9-19(11-26)7-2-3-8-19)10-16(15)25(13)18-22-12-21-17(20)24-18/h4-5,10,12,26H,2-3,7-8,11H2,1H3,(H2,20,21,22,24). The van der Waals surface area contributed by atoms with Crippen LogP contribution in [-0.2, 0) is 0 Å². The van der Waals surface area contributed by atoms with Gasteiger partial charge < -0.3 is 10.8 Å². The molecule has 1 aliphatic rings. The highest BCUT2D eigenvalue weighted by Crippen LogP contribution is 2.37. The first kappa shape index (κ1) is 16.5. The van der Waals surface area contributed by atoms with Gasteiger partial charge in [0.1, 0.15) is 12.2 Å². The molecule has 0 saturated heterocycles. The molecule has 0 aliphatic heterocycles. The molecule has 4 rings (SSSR count). The molecule has 2 heterocycles. The average molecular weight is 348 g/mol. The number of aryl methyl sites for hydroxylation is 1. The van der Waals surface area contributed by atoms with E-state index in [1.165, 1.54) is 6.33 Å². The molecule has 1 fully saturated rings. The molecule has 0 bridgehead atoms. The number of imidazole rings is 1. The molecule has 7 nitrogen and oxygen atoms in total. The first-order valence-corrected chi connectivity index (χ1v) is 8.68. The summed E-state index contributed by atoms with van der Waals surface area (Å²) in [6.45, 7) is 2.01. The quantitative estimate of drug-likeness (QED) is 0.687. The zero-order chi connectivity index (χ0) is 18.1. The molecule has 0 atom stereocenters. The summed E-state index contributed by atoms with van der Waals surface area (Å²) in [7, 11) is 0. The predicted octanol–water partition coefficient (Wildman–Crippen LogP) is 2.01. The minimum Gasteiger partial charge on any atom is -0.395 e. The molecule has 0 amide bonds. The summed E-state index contributed by atoms with van der Waals surface area (Å²) < 4.78 is 1.84. The van der Waals surface area contributed by atoms with Gasteiger partial charge in [-0.1, -0.05) is 24.7 Å². The van der Waals surface area contributed by atoms with Crippen LogP contribution < -0.4 is 5.73 Å². The monoisotopic (exact) mass is 348 g/mol. The second-order valence-corrected chi connectivity index (χ2v) is 6.74. The number of nitrogens with two attached hydrogens (primary N) is 1.